The zero-order valence-corrected chi connectivity index (χ0v) is 12.2. The van der Waals surface area contributed by atoms with Crippen LogP contribution in [0.1, 0.15) is 5.56 Å². The van der Waals surface area contributed by atoms with E-state index in [-0.39, 0.29) is 11.9 Å². The Morgan fingerprint density at radius 2 is 1.73 bits per heavy atom. The maximum Gasteiger partial charge on any atom is 0.327 e. The van der Waals surface area contributed by atoms with Crippen molar-refractivity contribution in [1.29, 1.82) is 0 Å². The fourth-order valence-corrected chi connectivity index (χ4v) is 2.72. The van der Waals surface area contributed by atoms with E-state index in [9.17, 15) is 9.59 Å². The lowest BCUT2D eigenvalue weighted by molar-refractivity contribution is -0.121. The third-order valence-electron chi connectivity index (χ3n) is 3.77. The average Bonchev–Trinajstić information content (AvgIpc) is 2.94. The molecule has 1 unspecified atom stereocenters. The highest BCUT2D eigenvalue weighted by molar-refractivity contribution is 6.08. The minimum atomic E-state index is -0.522. The maximum absolute atomic E-state index is 12.6. The monoisotopic (exact) mass is 295 g/mol. The van der Waals surface area contributed by atoms with Crippen LogP contribution in [0.3, 0.4) is 0 Å². The summed E-state index contributed by atoms with van der Waals surface area (Å²) < 4.78 is 0. The standard InChI is InChI=1S/C17H17N3O2/c1-18-16(21)15-11-12-7-5-6-10-14(12)20(15)17(22)19-13-8-3-2-4-9-13/h2-10,15H,11H2,1H3,(H,18,21)(H,19,22). The molecule has 1 heterocycles. The molecule has 0 fully saturated rings. The molecule has 0 spiro atoms. The van der Waals surface area contributed by atoms with Gasteiger partial charge in [-0.15, -0.1) is 0 Å². The van der Waals surface area contributed by atoms with Crippen LogP contribution >= 0.6 is 0 Å². The summed E-state index contributed by atoms with van der Waals surface area (Å²) in [6, 6.07) is 16.0. The molecule has 0 bridgehead atoms. The van der Waals surface area contributed by atoms with Crippen molar-refractivity contribution in [3.63, 3.8) is 0 Å². The summed E-state index contributed by atoms with van der Waals surface area (Å²) in [7, 11) is 1.58. The molecule has 0 radical (unpaired) electrons. The molecule has 0 aromatic heterocycles. The summed E-state index contributed by atoms with van der Waals surface area (Å²) >= 11 is 0. The van der Waals surface area contributed by atoms with Crippen LogP contribution in [0.25, 0.3) is 0 Å². The molecule has 0 saturated heterocycles. The predicted molar refractivity (Wildman–Crippen MR) is 85.9 cm³/mol. The van der Waals surface area contributed by atoms with Crippen molar-refractivity contribution in [2.45, 2.75) is 12.5 Å². The molecule has 22 heavy (non-hydrogen) atoms. The van der Waals surface area contributed by atoms with Gasteiger partial charge in [-0.3, -0.25) is 9.69 Å². The number of nitrogens with one attached hydrogen (secondary N) is 2. The molecule has 0 saturated carbocycles. The van der Waals surface area contributed by atoms with Crippen molar-refractivity contribution in [2.24, 2.45) is 0 Å². The van der Waals surface area contributed by atoms with Crippen LogP contribution in [0.4, 0.5) is 16.2 Å². The first-order valence-electron chi connectivity index (χ1n) is 7.15. The maximum atomic E-state index is 12.6. The second-order valence-corrected chi connectivity index (χ2v) is 5.13. The van der Waals surface area contributed by atoms with Crippen molar-refractivity contribution in [2.75, 3.05) is 17.3 Å². The van der Waals surface area contributed by atoms with Crippen LogP contribution in [0.2, 0.25) is 0 Å². The van der Waals surface area contributed by atoms with Crippen LogP contribution in [0.5, 0.6) is 0 Å². The molecule has 2 aromatic rings. The summed E-state index contributed by atoms with van der Waals surface area (Å²) in [5.74, 6) is -0.167. The Kier molecular flexibility index (Phi) is 3.78. The fraction of sp³-hybridized carbons (Fsp3) is 0.176. The van der Waals surface area contributed by atoms with Gasteiger partial charge < -0.3 is 10.6 Å². The Morgan fingerprint density at radius 1 is 1.05 bits per heavy atom. The zero-order chi connectivity index (χ0) is 15.5. The number of anilines is 2. The van der Waals surface area contributed by atoms with Crippen LogP contribution < -0.4 is 15.5 Å². The Labute approximate surface area is 128 Å². The largest absolute Gasteiger partial charge is 0.357 e. The zero-order valence-electron chi connectivity index (χ0n) is 12.2. The van der Waals surface area contributed by atoms with Gasteiger partial charge >= 0.3 is 6.03 Å². The molecule has 3 amide bonds. The molecule has 2 aromatic carbocycles. The van der Waals surface area contributed by atoms with Crippen LogP contribution in [-0.2, 0) is 11.2 Å². The number of rotatable bonds is 2. The van der Waals surface area contributed by atoms with Crippen LogP contribution in [0, 0.1) is 0 Å². The first-order chi connectivity index (χ1) is 10.7. The first-order valence-corrected chi connectivity index (χ1v) is 7.15. The Morgan fingerprint density at radius 3 is 2.45 bits per heavy atom. The molecular weight excluding hydrogens is 278 g/mol. The molecule has 1 aliphatic rings. The van der Waals surface area contributed by atoms with Gasteiger partial charge in [-0.05, 0) is 23.8 Å². The van der Waals surface area contributed by atoms with E-state index in [0.717, 1.165) is 11.3 Å². The molecule has 3 rings (SSSR count). The van der Waals surface area contributed by atoms with E-state index in [0.29, 0.717) is 12.1 Å². The SMILES string of the molecule is CNC(=O)C1Cc2ccccc2N1C(=O)Nc1ccccc1. The van der Waals surface area contributed by atoms with Crippen molar-refractivity contribution >= 4 is 23.3 Å². The highest BCUT2D eigenvalue weighted by Gasteiger charge is 2.37. The topological polar surface area (TPSA) is 61.4 Å². The van der Waals surface area contributed by atoms with E-state index in [4.69, 9.17) is 0 Å². The van der Waals surface area contributed by atoms with E-state index in [1.54, 1.807) is 7.05 Å². The quantitative estimate of drug-likeness (QED) is 0.893. The normalized spacial score (nSPS) is 16.0. The van der Waals surface area contributed by atoms with Crippen LogP contribution in [-0.4, -0.2) is 25.0 Å². The molecular formula is C17H17N3O2. The number of carbonyl (C=O) groups excluding carboxylic acids is 2. The molecule has 0 aliphatic carbocycles. The first kappa shape index (κ1) is 14.1. The summed E-state index contributed by atoms with van der Waals surface area (Å²) in [6.07, 6.45) is 0.526. The van der Waals surface area contributed by atoms with Gasteiger partial charge in [-0.2, -0.15) is 0 Å². The second-order valence-electron chi connectivity index (χ2n) is 5.13. The van der Waals surface area contributed by atoms with Crippen molar-refractivity contribution in [3.05, 3.63) is 60.2 Å². The van der Waals surface area contributed by atoms with E-state index >= 15 is 0 Å². The molecule has 1 atom stereocenters. The van der Waals surface area contributed by atoms with E-state index in [2.05, 4.69) is 10.6 Å². The second kappa shape index (κ2) is 5.89. The molecule has 112 valence electrons. The average molecular weight is 295 g/mol. The highest BCUT2D eigenvalue weighted by atomic mass is 16.2. The smallest absolute Gasteiger partial charge is 0.327 e. The minimum absolute atomic E-state index is 0.167. The third kappa shape index (κ3) is 2.53. The Bertz CT molecular complexity index is 700. The molecule has 2 N–H and O–H groups in total. The van der Waals surface area contributed by atoms with E-state index in [1.165, 1.54) is 4.90 Å². The number of fused-ring (bicyclic) bond motifs is 1. The Hall–Kier alpha value is -2.82. The number of urea groups is 1. The van der Waals surface area contributed by atoms with E-state index in [1.807, 2.05) is 54.6 Å². The number of hydrogen-bond acceptors (Lipinski definition) is 2. The highest BCUT2D eigenvalue weighted by Crippen LogP contribution is 2.32. The van der Waals surface area contributed by atoms with Gasteiger partial charge in [0.1, 0.15) is 6.04 Å². The molecule has 5 nitrogen and oxygen atoms in total. The van der Waals surface area contributed by atoms with Gasteiger partial charge in [-0.1, -0.05) is 36.4 Å². The van der Waals surface area contributed by atoms with Crippen LogP contribution in [0.15, 0.2) is 54.6 Å². The lowest BCUT2D eigenvalue weighted by Crippen LogP contribution is -2.48. The number of carbonyl (C=O) groups is 2. The minimum Gasteiger partial charge on any atom is -0.357 e. The lowest BCUT2D eigenvalue weighted by atomic mass is 10.1. The van der Waals surface area contributed by atoms with Gasteiger partial charge in [-0.25, -0.2) is 4.79 Å². The summed E-state index contributed by atoms with van der Waals surface area (Å²) in [5, 5.41) is 5.47. The summed E-state index contributed by atoms with van der Waals surface area (Å²) in [4.78, 5) is 26.3. The number of hydrogen-bond donors (Lipinski definition) is 2. The van der Waals surface area contributed by atoms with E-state index < -0.39 is 6.04 Å². The molecule has 5 heteroatoms. The van der Waals surface area contributed by atoms with Gasteiger partial charge in [0, 0.05) is 24.8 Å². The summed E-state index contributed by atoms with van der Waals surface area (Å²) in [6.45, 7) is 0. The number of likely N-dealkylation sites (N-methyl/N-ethyl adjacent to an activating group) is 1. The van der Waals surface area contributed by atoms with Gasteiger partial charge in [0.05, 0.1) is 0 Å². The van der Waals surface area contributed by atoms with Crippen molar-refractivity contribution < 1.29 is 9.59 Å². The summed E-state index contributed by atoms with van der Waals surface area (Å²) in [5.41, 5.74) is 2.48. The van der Waals surface area contributed by atoms with Crippen molar-refractivity contribution in [1.82, 2.24) is 5.32 Å². The van der Waals surface area contributed by atoms with Gasteiger partial charge in [0.25, 0.3) is 0 Å². The predicted octanol–water partition coefficient (Wildman–Crippen LogP) is 2.40. The Balaban J connectivity index is 1.90. The number of nitrogens with zero attached hydrogens (tertiary/aromatic N) is 1. The third-order valence-corrected chi connectivity index (χ3v) is 3.77. The fourth-order valence-electron chi connectivity index (χ4n) is 2.72. The number of para-hydroxylation sites is 2. The van der Waals surface area contributed by atoms with Crippen molar-refractivity contribution in [3.8, 4) is 0 Å². The van der Waals surface area contributed by atoms with Gasteiger partial charge in [0.15, 0.2) is 0 Å². The number of benzene rings is 2. The van der Waals surface area contributed by atoms with Gasteiger partial charge in [0.2, 0.25) is 5.91 Å². The molecule has 1 aliphatic heterocycles. The lowest BCUT2D eigenvalue weighted by Gasteiger charge is -2.24. The number of amides is 3.